The van der Waals surface area contributed by atoms with Gasteiger partial charge in [-0.2, -0.15) is 0 Å². The zero-order valence-electron chi connectivity index (χ0n) is 5.91. The van der Waals surface area contributed by atoms with Crippen LogP contribution in [0.1, 0.15) is 10.4 Å². The summed E-state index contributed by atoms with van der Waals surface area (Å²) in [5.74, 6) is -1.25. The van der Waals surface area contributed by atoms with Crippen LogP contribution in [0.5, 0.6) is 5.75 Å². The van der Waals surface area contributed by atoms with E-state index in [-0.39, 0.29) is 11.3 Å². The molecule has 0 aliphatic rings. The molecule has 0 saturated heterocycles. The standard InChI is InChI=1S/C7H6ClNO3/c8-9-5-1-4(7(11)12)2-6(10)3-5/h1-3,9-10H,(H,11,12). The lowest BCUT2D eigenvalue weighted by Crippen LogP contribution is -1.96. The summed E-state index contributed by atoms with van der Waals surface area (Å²) in [5.41, 5.74) is 0.326. The quantitative estimate of drug-likeness (QED) is 0.616. The van der Waals surface area contributed by atoms with E-state index < -0.39 is 5.97 Å². The van der Waals surface area contributed by atoms with Crippen LogP contribution >= 0.6 is 11.8 Å². The molecule has 0 atom stereocenters. The van der Waals surface area contributed by atoms with Gasteiger partial charge in [0.05, 0.1) is 11.3 Å². The first kappa shape index (κ1) is 8.67. The van der Waals surface area contributed by atoms with Gasteiger partial charge < -0.3 is 10.2 Å². The first-order valence-electron chi connectivity index (χ1n) is 3.07. The summed E-state index contributed by atoms with van der Waals surface area (Å²) >= 11 is 5.22. The van der Waals surface area contributed by atoms with Crippen LogP contribution in [0.15, 0.2) is 18.2 Å². The Bertz CT molecular complexity index is 314. The molecule has 0 unspecified atom stereocenters. The van der Waals surface area contributed by atoms with Crippen molar-refractivity contribution < 1.29 is 15.0 Å². The molecule has 1 aromatic rings. The smallest absolute Gasteiger partial charge is 0.335 e. The molecule has 0 heterocycles. The number of hydrogen-bond acceptors (Lipinski definition) is 3. The van der Waals surface area contributed by atoms with E-state index in [2.05, 4.69) is 4.84 Å². The summed E-state index contributed by atoms with van der Waals surface area (Å²) < 4.78 is 0. The van der Waals surface area contributed by atoms with Crippen LogP contribution in [-0.2, 0) is 0 Å². The molecular formula is C7H6ClNO3. The topological polar surface area (TPSA) is 69.6 Å². The molecule has 0 radical (unpaired) electrons. The first-order chi connectivity index (χ1) is 5.63. The van der Waals surface area contributed by atoms with Crippen LogP contribution in [0.4, 0.5) is 5.69 Å². The Morgan fingerprint density at radius 2 is 2.08 bits per heavy atom. The van der Waals surface area contributed by atoms with Crippen LogP contribution in [-0.4, -0.2) is 16.2 Å². The predicted octanol–water partition coefficient (Wildman–Crippen LogP) is 1.66. The van der Waals surface area contributed by atoms with E-state index in [4.69, 9.17) is 22.0 Å². The zero-order chi connectivity index (χ0) is 9.14. The fourth-order valence-electron chi connectivity index (χ4n) is 0.789. The Balaban J connectivity index is 3.15. The van der Waals surface area contributed by atoms with Crippen LogP contribution in [0, 0.1) is 0 Å². The molecule has 0 fully saturated rings. The summed E-state index contributed by atoms with van der Waals surface area (Å²) in [6, 6.07) is 3.77. The van der Waals surface area contributed by atoms with E-state index in [1.54, 1.807) is 0 Å². The van der Waals surface area contributed by atoms with Crippen molar-refractivity contribution in [3.05, 3.63) is 23.8 Å². The molecule has 12 heavy (non-hydrogen) atoms. The van der Waals surface area contributed by atoms with E-state index in [0.717, 1.165) is 6.07 Å². The van der Waals surface area contributed by atoms with Crippen LogP contribution in [0.3, 0.4) is 0 Å². The van der Waals surface area contributed by atoms with Gasteiger partial charge in [-0.1, -0.05) is 0 Å². The van der Waals surface area contributed by atoms with E-state index in [1.165, 1.54) is 12.1 Å². The van der Waals surface area contributed by atoms with Gasteiger partial charge in [-0.05, 0) is 12.1 Å². The molecule has 3 N–H and O–H groups in total. The second-order valence-corrected chi connectivity index (χ2v) is 2.36. The molecule has 1 rings (SSSR count). The number of benzene rings is 1. The van der Waals surface area contributed by atoms with E-state index >= 15 is 0 Å². The fourth-order valence-corrected chi connectivity index (χ4v) is 0.898. The summed E-state index contributed by atoms with van der Waals surface area (Å²) in [6.45, 7) is 0. The molecule has 0 spiro atoms. The monoisotopic (exact) mass is 187 g/mol. The van der Waals surface area contributed by atoms with Gasteiger partial charge >= 0.3 is 5.97 Å². The minimum Gasteiger partial charge on any atom is -0.508 e. The number of aromatic carboxylic acids is 1. The van der Waals surface area contributed by atoms with Crippen molar-refractivity contribution in [1.82, 2.24) is 0 Å². The zero-order valence-corrected chi connectivity index (χ0v) is 6.67. The second kappa shape index (κ2) is 3.32. The van der Waals surface area contributed by atoms with Gasteiger partial charge in [0.15, 0.2) is 0 Å². The third-order valence-corrected chi connectivity index (χ3v) is 1.49. The number of carboxylic acid groups (broad SMARTS) is 1. The van der Waals surface area contributed by atoms with Gasteiger partial charge in [0.25, 0.3) is 0 Å². The third-order valence-electron chi connectivity index (χ3n) is 1.27. The maximum absolute atomic E-state index is 10.4. The molecule has 1 aromatic carbocycles. The van der Waals surface area contributed by atoms with Crippen molar-refractivity contribution in [3.63, 3.8) is 0 Å². The highest BCUT2D eigenvalue weighted by Gasteiger charge is 2.05. The number of rotatable bonds is 2. The van der Waals surface area contributed by atoms with Gasteiger partial charge in [-0.15, -0.1) is 0 Å². The molecule has 5 heteroatoms. The minimum atomic E-state index is -1.11. The summed E-state index contributed by atoms with van der Waals surface area (Å²) in [7, 11) is 0. The highest BCUT2D eigenvalue weighted by atomic mass is 35.5. The van der Waals surface area contributed by atoms with Crippen molar-refractivity contribution in [2.75, 3.05) is 4.84 Å². The average molecular weight is 188 g/mol. The fraction of sp³-hybridized carbons (Fsp3) is 0. The molecule has 64 valence electrons. The Labute approximate surface area is 73.5 Å². The van der Waals surface area contributed by atoms with Crippen molar-refractivity contribution in [3.8, 4) is 5.75 Å². The number of carboxylic acids is 1. The van der Waals surface area contributed by atoms with E-state index in [1.807, 2.05) is 0 Å². The molecular weight excluding hydrogens is 182 g/mol. The number of phenols is 1. The lowest BCUT2D eigenvalue weighted by molar-refractivity contribution is 0.0696. The first-order valence-corrected chi connectivity index (χ1v) is 3.45. The number of anilines is 1. The Hall–Kier alpha value is -1.42. The van der Waals surface area contributed by atoms with Gasteiger partial charge in [0, 0.05) is 17.8 Å². The predicted molar refractivity (Wildman–Crippen MR) is 44.5 cm³/mol. The lowest BCUT2D eigenvalue weighted by atomic mass is 10.2. The molecule has 0 amide bonds. The molecule has 0 aliphatic carbocycles. The lowest BCUT2D eigenvalue weighted by Gasteiger charge is -2.00. The number of phenolic OH excluding ortho intramolecular Hbond substituents is 1. The highest BCUT2D eigenvalue weighted by Crippen LogP contribution is 2.20. The number of halogens is 1. The minimum absolute atomic E-state index is 0.0156. The number of aromatic hydroxyl groups is 1. The summed E-state index contributed by atoms with van der Waals surface area (Å²) in [4.78, 5) is 12.7. The van der Waals surface area contributed by atoms with Crippen molar-refractivity contribution in [2.45, 2.75) is 0 Å². The average Bonchev–Trinajstić information content (AvgIpc) is 2.03. The summed E-state index contributed by atoms with van der Waals surface area (Å²) in [5, 5.41) is 17.6. The van der Waals surface area contributed by atoms with Crippen molar-refractivity contribution in [2.24, 2.45) is 0 Å². The number of nitrogens with one attached hydrogen (secondary N) is 1. The van der Waals surface area contributed by atoms with Crippen LogP contribution in [0.2, 0.25) is 0 Å². The molecule has 4 nitrogen and oxygen atoms in total. The van der Waals surface area contributed by atoms with Gasteiger partial charge in [-0.25, -0.2) is 4.79 Å². The van der Waals surface area contributed by atoms with E-state index in [0.29, 0.717) is 5.69 Å². The molecule has 0 aromatic heterocycles. The van der Waals surface area contributed by atoms with Crippen LogP contribution < -0.4 is 4.84 Å². The maximum atomic E-state index is 10.4. The second-order valence-electron chi connectivity index (χ2n) is 2.17. The molecule has 0 aliphatic heterocycles. The highest BCUT2D eigenvalue weighted by molar-refractivity contribution is 6.24. The normalized spacial score (nSPS) is 9.42. The van der Waals surface area contributed by atoms with Crippen LogP contribution in [0.25, 0.3) is 0 Å². The third kappa shape index (κ3) is 1.79. The maximum Gasteiger partial charge on any atom is 0.335 e. The van der Waals surface area contributed by atoms with Gasteiger partial charge in [0.2, 0.25) is 0 Å². The van der Waals surface area contributed by atoms with Crippen molar-refractivity contribution in [1.29, 1.82) is 0 Å². The van der Waals surface area contributed by atoms with E-state index in [9.17, 15) is 4.79 Å². The van der Waals surface area contributed by atoms with Gasteiger partial charge in [-0.3, -0.25) is 4.84 Å². The summed E-state index contributed by atoms with van der Waals surface area (Å²) in [6.07, 6.45) is 0. The number of carbonyl (C=O) groups is 1. The Morgan fingerprint density at radius 3 is 2.58 bits per heavy atom. The number of hydrogen-bond donors (Lipinski definition) is 3. The Kier molecular flexibility index (Phi) is 2.40. The molecule has 0 saturated carbocycles. The SMILES string of the molecule is O=C(O)c1cc(O)cc(NCl)c1. The van der Waals surface area contributed by atoms with Crippen molar-refractivity contribution >= 4 is 23.4 Å². The van der Waals surface area contributed by atoms with Gasteiger partial charge in [0.1, 0.15) is 5.75 Å². The largest absolute Gasteiger partial charge is 0.508 e. The Morgan fingerprint density at radius 1 is 1.42 bits per heavy atom. The molecule has 0 bridgehead atoms.